The van der Waals surface area contributed by atoms with Crippen LogP contribution in [0.15, 0.2) is 40.5 Å². The van der Waals surface area contributed by atoms with Gasteiger partial charge in [-0.05, 0) is 12.1 Å². The molecule has 9 heteroatoms. The van der Waals surface area contributed by atoms with Gasteiger partial charge in [-0.25, -0.2) is 13.6 Å². The molecule has 4 N–H and O–H groups in total. The number of alkyl halides is 2. The van der Waals surface area contributed by atoms with Crippen molar-refractivity contribution in [2.45, 2.75) is 6.43 Å². The highest BCUT2D eigenvalue weighted by Gasteiger charge is 2.25. The lowest BCUT2D eigenvalue weighted by atomic mass is 10.1. The van der Waals surface area contributed by atoms with Crippen LogP contribution in [0.3, 0.4) is 0 Å². The zero-order valence-corrected chi connectivity index (χ0v) is 12.8. The Hall–Kier alpha value is -2.48. The number of ether oxygens (including phenoxy) is 1. The van der Waals surface area contributed by atoms with E-state index in [9.17, 15) is 18.4 Å². The van der Waals surface area contributed by atoms with Crippen LogP contribution in [0.5, 0.6) is 0 Å². The van der Waals surface area contributed by atoms with E-state index in [1.165, 1.54) is 19.2 Å². The Morgan fingerprint density at radius 3 is 2.43 bits per heavy atom. The zero-order valence-electron chi connectivity index (χ0n) is 12.1. The Balaban J connectivity index is 2.91. The summed E-state index contributed by atoms with van der Waals surface area (Å²) in [6.45, 7) is -0.709. The molecule has 0 fully saturated rings. The van der Waals surface area contributed by atoms with E-state index < -0.39 is 41.9 Å². The van der Waals surface area contributed by atoms with Crippen molar-refractivity contribution in [3.8, 4) is 0 Å². The lowest BCUT2D eigenvalue weighted by Crippen LogP contribution is -2.30. The maximum Gasteiger partial charge on any atom is 0.344 e. The fraction of sp³-hybridized carbons (Fsp3) is 0.214. The van der Waals surface area contributed by atoms with E-state index >= 15 is 0 Å². The maximum absolute atomic E-state index is 12.7. The number of Topliss-reactive ketones (excluding diaryl/α,β-unsaturated/α-hetero) is 1. The molecule has 0 heterocycles. The monoisotopic (exact) mass is 345 g/mol. The van der Waals surface area contributed by atoms with Crippen molar-refractivity contribution < 1.29 is 23.1 Å². The van der Waals surface area contributed by atoms with Crippen molar-refractivity contribution in [3.05, 3.63) is 46.1 Å². The number of rotatable bonds is 6. The van der Waals surface area contributed by atoms with Crippen LogP contribution in [0.1, 0.15) is 10.4 Å². The number of amidine groups is 1. The van der Waals surface area contributed by atoms with Crippen molar-refractivity contribution in [2.75, 3.05) is 13.7 Å². The highest BCUT2D eigenvalue weighted by molar-refractivity contribution is 6.34. The molecule has 0 bridgehead atoms. The molecule has 23 heavy (non-hydrogen) atoms. The highest BCUT2D eigenvalue weighted by atomic mass is 35.5. The van der Waals surface area contributed by atoms with Crippen LogP contribution >= 0.6 is 11.6 Å². The summed E-state index contributed by atoms with van der Waals surface area (Å²) >= 11 is 5.83. The molecule has 6 nitrogen and oxygen atoms in total. The van der Waals surface area contributed by atoms with Gasteiger partial charge in [0, 0.05) is 12.6 Å². The van der Waals surface area contributed by atoms with Gasteiger partial charge in [-0.15, -0.1) is 0 Å². The molecule has 1 aromatic rings. The Kier molecular flexibility index (Phi) is 6.65. The van der Waals surface area contributed by atoms with Crippen LogP contribution in [0, 0.1) is 0 Å². The first-order valence-electron chi connectivity index (χ1n) is 6.24. The van der Waals surface area contributed by atoms with Crippen molar-refractivity contribution in [1.29, 1.82) is 0 Å². The minimum absolute atomic E-state index is 0.131. The Labute approximate surface area is 135 Å². The normalized spacial score (nSPS) is 12.8. The lowest BCUT2D eigenvalue weighted by molar-refractivity contribution is -0.137. The van der Waals surface area contributed by atoms with Crippen LogP contribution in [0.25, 0.3) is 0 Å². The number of carbonyl (C=O) groups excluding carboxylic acids is 2. The molecule has 0 saturated carbocycles. The minimum atomic E-state index is -3.13. The molecule has 124 valence electrons. The first-order valence-corrected chi connectivity index (χ1v) is 6.62. The van der Waals surface area contributed by atoms with Gasteiger partial charge in [0.15, 0.2) is 6.61 Å². The number of ketones is 1. The van der Waals surface area contributed by atoms with Gasteiger partial charge in [-0.3, -0.25) is 9.79 Å². The zero-order chi connectivity index (χ0) is 17.6. The van der Waals surface area contributed by atoms with Gasteiger partial charge >= 0.3 is 5.97 Å². The average molecular weight is 346 g/mol. The predicted octanol–water partition coefficient (Wildman–Crippen LogP) is 1.53. The second-order valence-electron chi connectivity index (χ2n) is 4.22. The summed E-state index contributed by atoms with van der Waals surface area (Å²) in [6.07, 6.45) is -3.13. The molecular weight excluding hydrogens is 332 g/mol. The van der Waals surface area contributed by atoms with Gasteiger partial charge in [0.1, 0.15) is 11.4 Å². The number of halogens is 3. The van der Waals surface area contributed by atoms with Gasteiger partial charge < -0.3 is 16.2 Å². The summed E-state index contributed by atoms with van der Waals surface area (Å²) in [5, 5.41) is 0.172. The lowest BCUT2D eigenvalue weighted by Gasteiger charge is -2.11. The molecule has 0 spiro atoms. The van der Waals surface area contributed by atoms with E-state index in [2.05, 4.69) is 4.99 Å². The van der Waals surface area contributed by atoms with E-state index in [1.54, 1.807) is 12.1 Å². The topological polar surface area (TPSA) is 108 Å². The van der Waals surface area contributed by atoms with E-state index in [-0.39, 0.29) is 10.6 Å². The summed E-state index contributed by atoms with van der Waals surface area (Å²) in [6, 6.07) is 6.11. The SMILES string of the molecule is CN=C(N)/C(C(=O)OCC(=O)c1ccccc1Cl)=C(\N)C(F)F. The summed E-state index contributed by atoms with van der Waals surface area (Å²) in [4.78, 5) is 27.2. The fourth-order valence-corrected chi connectivity index (χ4v) is 1.80. The summed E-state index contributed by atoms with van der Waals surface area (Å²) in [5.74, 6) is -2.39. The van der Waals surface area contributed by atoms with E-state index in [0.29, 0.717) is 0 Å². The first kappa shape index (κ1) is 18.6. The van der Waals surface area contributed by atoms with Crippen molar-refractivity contribution >= 4 is 29.2 Å². The molecule has 0 aliphatic heterocycles. The van der Waals surface area contributed by atoms with E-state index in [4.69, 9.17) is 27.8 Å². The van der Waals surface area contributed by atoms with Gasteiger partial charge in [0.2, 0.25) is 5.78 Å². The second kappa shape index (κ2) is 8.23. The number of hydrogen-bond donors (Lipinski definition) is 2. The molecular formula is C14H14ClF2N3O3. The van der Waals surface area contributed by atoms with Crippen LogP contribution in [-0.4, -0.2) is 37.7 Å². The number of carbonyl (C=O) groups is 2. The number of benzene rings is 1. The van der Waals surface area contributed by atoms with Crippen LogP contribution < -0.4 is 11.5 Å². The van der Waals surface area contributed by atoms with Crippen LogP contribution in [0.4, 0.5) is 8.78 Å². The fourth-order valence-electron chi connectivity index (χ4n) is 1.56. The third kappa shape index (κ3) is 4.75. The Morgan fingerprint density at radius 2 is 1.91 bits per heavy atom. The van der Waals surface area contributed by atoms with Crippen molar-refractivity contribution in [2.24, 2.45) is 16.5 Å². The third-order valence-corrected chi connectivity index (χ3v) is 3.06. The molecule has 0 atom stereocenters. The van der Waals surface area contributed by atoms with Gasteiger partial charge in [0.05, 0.1) is 10.7 Å². The Morgan fingerprint density at radius 1 is 1.30 bits per heavy atom. The minimum Gasteiger partial charge on any atom is -0.454 e. The molecule has 0 amide bonds. The molecule has 0 unspecified atom stereocenters. The van der Waals surface area contributed by atoms with Gasteiger partial charge in [0.25, 0.3) is 6.43 Å². The molecule has 1 aromatic carbocycles. The summed E-state index contributed by atoms with van der Waals surface area (Å²) < 4.78 is 30.0. The molecule has 0 radical (unpaired) electrons. The van der Waals surface area contributed by atoms with Crippen molar-refractivity contribution in [1.82, 2.24) is 0 Å². The van der Waals surface area contributed by atoms with Gasteiger partial charge in [-0.2, -0.15) is 0 Å². The predicted molar refractivity (Wildman–Crippen MR) is 81.5 cm³/mol. The van der Waals surface area contributed by atoms with Crippen LogP contribution in [0.2, 0.25) is 5.02 Å². The number of hydrogen-bond acceptors (Lipinski definition) is 5. The molecule has 0 saturated heterocycles. The van der Waals surface area contributed by atoms with Gasteiger partial charge in [-0.1, -0.05) is 23.7 Å². The average Bonchev–Trinajstić information content (AvgIpc) is 2.52. The number of nitrogens with two attached hydrogens (primary N) is 2. The number of allylic oxidation sites excluding steroid dienone is 1. The number of esters is 1. The Bertz CT molecular complexity index is 675. The number of nitrogens with zero attached hydrogens (tertiary/aromatic N) is 1. The maximum atomic E-state index is 12.7. The molecule has 0 aromatic heterocycles. The first-order chi connectivity index (χ1) is 10.8. The molecule has 0 aliphatic carbocycles. The largest absolute Gasteiger partial charge is 0.454 e. The second-order valence-corrected chi connectivity index (χ2v) is 4.63. The standard InChI is InChI=1S/C14H14ClF2N3O3/c1-20-13(19)10(11(18)12(16)17)14(22)23-6-9(21)7-4-2-3-5-8(7)15/h2-5,12H,6,18H2,1H3,(H2,19,20)/b11-10+. The third-order valence-electron chi connectivity index (χ3n) is 2.73. The van der Waals surface area contributed by atoms with Crippen molar-refractivity contribution in [3.63, 3.8) is 0 Å². The van der Waals surface area contributed by atoms with E-state index in [1.807, 2.05) is 0 Å². The smallest absolute Gasteiger partial charge is 0.344 e. The summed E-state index contributed by atoms with van der Waals surface area (Å²) in [7, 11) is 1.19. The molecule has 0 aliphatic rings. The molecule has 1 rings (SSSR count). The summed E-state index contributed by atoms with van der Waals surface area (Å²) in [5.41, 5.74) is 8.79. The quantitative estimate of drug-likeness (QED) is 0.267. The van der Waals surface area contributed by atoms with E-state index in [0.717, 1.165) is 0 Å². The highest BCUT2D eigenvalue weighted by Crippen LogP contribution is 2.16. The number of aliphatic imine (C=N–C) groups is 1. The van der Waals surface area contributed by atoms with Crippen LogP contribution in [-0.2, 0) is 9.53 Å².